The molecule has 1 saturated heterocycles. The maximum Gasteiger partial charge on any atom is 0.295 e. The molecule has 8 heteroatoms. The van der Waals surface area contributed by atoms with E-state index in [9.17, 15) is 24.9 Å². The molecule has 2 aromatic carbocycles. The summed E-state index contributed by atoms with van der Waals surface area (Å²) in [7, 11) is 0. The van der Waals surface area contributed by atoms with Gasteiger partial charge in [0.2, 0.25) is 0 Å². The van der Waals surface area contributed by atoms with Gasteiger partial charge in [-0.1, -0.05) is 6.07 Å². The molecule has 164 valence electrons. The Balaban J connectivity index is 1.85. The molecule has 1 atom stereocenters. The van der Waals surface area contributed by atoms with Crippen molar-refractivity contribution in [1.29, 1.82) is 0 Å². The van der Waals surface area contributed by atoms with Gasteiger partial charge in [-0.25, -0.2) is 0 Å². The number of nitrogens with zero attached hydrogens (tertiary/aromatic N) is 1. The third-order valence-electron chi connectivity index (χ3n) is 5.19. The van der Waals surface area contributed by atoms with Crippen molar-refractivity contribution in [3.8, 4) is 17.2 Å². The Morgan fingerprint density at radius 1 is 1.09 bits per heavy atom. The first-order valence-corrected chi connectivity index (χ1v) is 10.8. The van der Waals surface area contributed by atoms with Crippen molar-refractivity contribution in [3.05, 3.63) is 81.6 Å². The molecule has 3 N–H and O–H groups in total. The second-order valence-corrected chi connectivity index (χ2v) is 8.24. The smallest absolute Gasteiger partial charge is 0.295 e. The van der Waals surface area contributed by atoms with Gasteiger partial charge in [0.25, 0.3) is 11.7 Å². The molecule has 1 aliphatic rings. The van der Waals surface area contributed by atoms with Crippen LogP contribution in [0.4, 0.5) is 0 Å². The summed E-state index contributed by atoms with van der Waals surface area (Å²) in [6.07, 6.45) is 0. The second-order valence-electron chi connectivity index (χ2n) is 7.21. The van der Waals surface area contributed by atoms with E-state index in [1.807, 2.05) is 24.4 Å². The number of aliphatic hydroxyl groups excluding tert-OH is 1. The van der Waals surface area contributed by atoms with Crippen molar-refractivity contribution < 1.29 is 29.6 Å². The molecule has 0 radical (unpaired) electrons. The van der Waals surface area contributed by atoms with Crippen molar-refractivity contribution in [2.75, 3.05) is 6.61 Å². The molecule has 4 rings (SSSR count). The van der Waals surface area contributed by atoms with Gasteiger partial charge in [0.05, 0.1) is 24.8 Å². The average molecular weight is 452 g/mol. The zero-order valence-corrected chi connectivity index (χ0v) is 18.0. The minimum absolute atomic E-state index is 0.128. The van der Waals surface area contributed by atoms with E-state index in [1.54, 1.807) is 24.3 Å². The van der Waals surface area contributed by atoms with E-state index in [0.29, 0.717) is 17.9 Å². The molecule has 7 nitrogen and oxygen atoms in total. The van der Waals surface area contributed by atoms with Crippen LogP contribution in [0.1, 0.15) is 29.0 Å². The van der Waals surface area contributed by atoms with Crippen LogP contribution in [0.25, 0.3) is 5.76 Å². The molecule has 1 amide bonds. The zero-order valence-electron chi connectivity index (χ0n) is 17.2. The van der Waals surface area contributed by atoms with E-state index in [0.717, 1.165) is 10.9 Å². The lowest BCUT2D eigenvalue weighted by atomic mass is 9.94. The standard InChI is InChI=1S/C24H21NO6S/c1-2-31-16-8-5-14(6-9-16)22(28)20-21(18-10-7-15(26)12-19(18)27)25(24(30)23(20)29)13-17-4-3-11-32-17/h3-12,21,26-28H,2,13H2,1H3/b22-20+. The number of carbonyl (C=O) groups excluding carboxylic acids is 2. The molecule has 1 aliphatic heterocycles. The number of hydrogen-bond donors (Lipinski definition) is 3. The normalized spacial score (nSPS) is 17.7. The number of amides is 1. The van der Waals surface area contributed by atoms with Crippen molar-refractivity contribution in [2.45, 2.75) is 19.5 Å². The fourth-order valence-electron chi connectivity index (χ4n) is 3.73. The Kier molecular flexibility index (Phi) is 5.87. The molecular formula is C24H21NO6S. The maximum absolute atomic E-state index is 13.0. The molecule has 0 spiro atoms. The zero-order chi connectivity index (χ0) is 22.8. The largest absolute Gasteiger partial charge is 0.508 e. The number of ketones is 1. The van der Waals surface area contributed by atoms with Crippen LogP contribution in [0.3, 0.4) is 0 Å². The lowest BCUT2D eigenvalue weighted by Crippen LogP contribution is -2.28. The molecule has 0 aliphatic carbocycles. The van der Waals surface area contributed by atoms with E-state index in [2.05, 4.69) is 0 Å². The van der Waals surface area contributed by atoms with Crippen LogP contribution in [-0.4, -0.2) is 38.5 Å². The summed E-state index contributed by atoms with van der Waals surface area (Å²) in [5, 5.41) is 33.1. The molecular weight excluding hydrogens is 430 g/mol. The Bertz CT molecular complexity index is 1180. The van der Waals surface area contributed by atoms with Gasteiger partial charge >= 0.3 is 0 Å². The van der Waals surface area contributed by atoms with E-state index >= 15 is 0 Å². The molecule has 1 fully saturated rings. The first kappa shape index (κ1) is 21.5. The lowest BCUT2D eigenvalue weighted by molar-refractivity contribution is -0.140. The summed E-state index contributed by atoms with van der Waals surface area (Å²) < 4.78 is 5.41. The van der Waals surface area contributed by atoms with Gasteiger partial charge in [0.1, 0.15) is 23.0 Å². The average Bonchev–Trinajstić information content (AvgIpc) is 3.37. The Labute approximate surface area is 188 Å². The van der Waals surface area contributed by atoms with Crippen LogP contribution >= 0.6 is 11.3 Å². The molecule has 0 saturated carbocycles. The number of phenols is 2. The Morgan fingerprint density at radius 2 is 1.84 bits per heavy atom. The van der Waals surface area contributed by atoms with Gasteiger partial charge in [-0.2, -0.15) is 0 Å². The SMILES string of the molecule is CCOc1ccc(/C(O)=C2\C(=O)C(=O)N(Cc3cccs3)C2c2ccc(O)cc2O)cc1. The summed E-state index contributed by atoms with van der Waals surface area (Å²) in [6.45, 7) is 2.47. The number of ether oxygens (including phenoxy) is 1. The number of phenolic OH excluding ortho intramolecular Hbond substituents is 2. The first-order valence-electron chi connectivity index (χ1n) is 9.96. The topological polar surface area (TPSA) is 107 Å². The van der Waals surface area contributed by atoms with Crippen LogP contribution < -0.4 is 4.74 Å². The van der Waals surface area contributed by atoms with Crippen LogP contribution in [0, 0.1) is 0 Å². The summed E-state index contributed by atoms with van der Waals surface area (Å²) >= 11 is 1.43. The van der Waals surface area contributed by atoms with Crippen LogP contribution in [-0.2, 0) is 16.1 Å². The number of hydrogen-bond acceptors (Lipinski definition) is 7. The predicted molar refractivity (Wildman–Crippen MR) is 120 cm³/mol. The second kappa shape index (κ2) is 8.76. The van der Waals surface area contributed by atoms with Gasteiger partial charge in [-0.15, -0.1) is 11.3 Å². The van der Waals surface area contributed by atoms with E-state index < -0.39 is 17.7 Å². The van der Waals surface area contributed by atoms with Gasteiger partial charge in [0, 0.05) is 22.1 Å². The van der Waals surface area contributed by atoms with E-state index in [1.165, 1.54) is 28.4 Å². The third-order valence-corrected chi connectivity index (χ3v) is 6.05. The monoisotopic (exact) mass is 451 g/mol. The highest BCUT2D eigenvalue weighted by atomic mass is 32.1. The van der Waals surface area contributed by atoms with E-state index in [4.69, 9.17) is 4.74 Å². The number of rotatable bonds is 6. The quantitative estimate of drug-likeness (QED) is 0.295. The highest BCUT2D eigenvalue weighted by Crippen LogP contribution is 2.44. The van der Waals surface area contributed by atoms with Crippen molar-refractivity contribution >= 4 is 28.8 Å². The molecule has 1 aromatic heterocycles. The fraction of sp³-hybridized carbons (Fsp3) is 0.167. The van der Waals surface area contributed by atoms with Crippen LogP contribution in [0.5, 0.6) is 17.2 Å². The van der Waals surface area contributed by atoms with Crippen LogP contribution in [0.15, 0.2) is 65.6 Å². The minimum Gasteiger partial charge on any atom is -0.508 e. The summed E-state index contributed by atoms with van der Waals surface area (Å²) in [4.78, 5) is 28.2. The van der Waals surface area contributed by atoms with Crippen LogP contribution in [0.2, 0.25) is 0 Å². The summed E-state index contributed by atoms with van der Waals surface area (Å²) in [6, 6.07) is 13.1. The van der Waals surface area contributed by atoms with Crippen molar-refractivity contribution in [1.82, 2.24) is 4.90 Å². The van der Waals surface area contributed by atoms with E-state index in [-0.39, 0.29) is 34.9 Å². The number of thiophene rings is 1. The Hall–Kier alpha value is -3.78. The van der Waals surface area contributed by atoms with Gasteiger partial charge in [-0.05, 0) is 54.8 Å². The minimum atomic E-state index is -1.02. The molecule has 1 unspecified atom stereocenters. The number of benzene rings is 2. The molecule has 3 aromatic rings. The summed E-state index contributed by atoms with van der Waals surface area (Å²) in [5.41, 5.74) is 0.439. The molecule has 0 bridgehead atoms. The number of likely N-dealkylation sites (tertiary alicyclic amines) is 1. The number of Topliss-reactive ketones (excluding diaryl/α,β-unsaturated/α-hetero) is 1. The first-order chi connectivity index (χ1) is 15.4. The van der Waals surface area contributed by atoms with Gasteiger partial charge < -0.3 is 25.0 Å². The highest BCUT2D eigenvalue weighted by Gasteiger charge is 2.47. The van der Waals surface area contributed by atoms with Gasteiger partial charge in [0.15, 0.2) is 0 Å². The lowest BCUT2D eigenvalue weighted by Gasteiger charge is -2.25. The Morgan fingerprint density at radius 3 is 2.47 bits per heavy atom. The predicted octanol–water partition coefficient (Wildman–Crippen LogP) is 4.18. The number of aliphatic hydroxyl groups is 1. The maximum atomic E-state index is 13.0. The summed E-state index contributed by atoms with van der Waals surface area (Å²) in [5.74, 6) is -1.81. The highest BCUT2D eigenvalue weighted by molar-refractivity contribution is 7.09. The third kappa shape index (κ3) is 3.92. The van der Waals surface area contributed by atoms with Gasteiger partial charge in [-0.3, -0.25) is 9.59 Å². The van der Waals surface area contributed by atoms with Crippen molar-refractivity contribution in [3.63, 3.8) is 0 Å². The fourth-order valence-corrected chi connectivity index (χ4v) is 4.43. The van der Waals surface area contributed by atoms with Crippen molar-refractivity contribution in [2.24, 2.45) is 0 Å². The number of carbonyl (C=O) groups is 2. The molecule has 2 heterocycles. The number of aromatic hydroxyl groups is 2. The molecule has 32 heavy (non-hydrogen) atoms.